The summed E-state index contributed by atoms with van der Waals surface area (Å²) in [5.74, 6) is 0.338. The molecular weight excluding hydrogens is 356 g/mol. The van der Waals surface area contributed by atoms with E-state index in [1.807, 2.05) is 50.2 Å². The third-order valence-corrected chi connectivity index (χ3v) is 5.02. The first kappa shape index (κ1) is 20.1. The Bertz CT molecular complexity index is 781. The van der Waals surface area contributed by atoms with Crippen molar-refractivity contribution >= 4 is 5.97 Å². The second-order valence-electron chi connectivity index (χ2n) is 6.90. The number of rotatable bonds is 8. The van der Waals surface area contributed by atoms with Gasteiger partial charge in [0, 0.05) is 12.7 Å². The van der Waals surface area contributed by atoms with Crippen LogP contribution in [0.4, 0.5) is 0 Å². The summed E-state index contributed by atoms with van der Waals surface area (Å²) in [5, 5.41) is 9.51. The molecule has 1 N–H and O–H groups in total. The lowest BCUT2D eigenvalue weighted by Crippen LogP contribution is -2.41. The first-order valence-electron chi connectivity index (χ1n) is 9.91. The van der Waals surface area contributed by atoms with Gasteiger partial charge in [0.1, 0.15) is 0 Å². The minimum absolute atomic E-state index is 0.127. The number of carbonyl (C=O) groups is 1. The van der Waals surface area contributed by atoms with E-state index in [-0.39, 0.29) is 12.0 Å². The normalized spacial score (nSPS) is 18.4. The Labute approximate surface area is 166 Å². The average molecular weight is 384 g/mol. The highest BCUT2D eigenvalue weighted by molar-refractivity contribution is 5.70. The third kappa shape index (κ3) is 4.62. The maximum absolute atomic E-state index is 11.6. The molecule has 2 aromatic rings. The number of hydrogen-bond donors (Lipinski definition) is 1. The number of pyridine rings is 1. The van der Waals surface area contributed by atoms with Gasteiger partial charge in [-0.1, -0.05) is 12.1 Å². The molecule has 1 fully saturated rings. The Morgan fingerprint density at radius 1 is 1.21 bits per heavy atom. The molecule has 0 radical (unpaired) electrons. The van der Waals surface area contributed by atoms with E-state index in [4.69, 9.17) is 9.47 Å². The lowest BCUT2D eigenvalue weighted by atomic mass is 9.93. The lowest BCUT2D eigenvalue weighted by Gasteiger charge is -2.37. The zero-order valence-electron chi connectivity index (χ0n) is 16.5. The molecule has 1 aliphatic heterocycles. The number of benzene rings is 1. The van der Waals surface area contributed by atoms with Gasteiger partial charge < -0.3 is 14.6 Å². The van der Waals surface area contributed by atoms with Crippen molar-refractivity contribution in [1.82, 2.24) is 9.88 Å². The van der Waals surface area contributed by atoms with Crippen LogP contribution in [0.5, 0.6) is 11.5 Å². The molecule has 0 spiro atoms. The van der Waals surface area contributed by atoms with Crippen LogP contribution in [0.3, 0.4) is 0 Å². The van der Waals surface area contributed by atoms with Crippen molar-refractivity contribution in [2.75, 3.05) is 26.3 Å². The molecule has 6 heteroatoms. The number of carboxylic acids is 1. The maximum atomic E-state index is 11.6. The smallest absolute Gasteiger partial charge is 0.307 e. The van der Waals surface area contributed by atoms with Crippen LogP contribution >= 0.6 is 0 Å². The van der Waals surface area contributed by atoms with E-state index >= 15 is 0 Å². The van der Waals surface area contributed by atoms with Crippen LogP contribution in [-0.4, -0.2) is 47.3 Å². The number of carboxylic acid groups (broad SMARTS) is 1. The summed E-state index contributed by atoms with van der Waals surface area (Å²) in [4.78, 5) is 18.4. The van der Waals surface area contributed by atoms with Crippen LogP contribution in [0.25, 0.3) is 0 Å². The molecule has 0 aliphatic carbocycles. The van der Waals surface area contributed by atoms with Gasteiger partial charge in [0.15, 0.2) is 11.5 Å². The van der Waals surface area contributed by atoms with Crippen molar-refractivity contribution in [2.45, 2.75) is 32.7 Å². The van der Waals surface area contributed by atoms with Gasteiger partial charge in [0.2, 0.25) is 0 Å². The Morgan fingerprint density at radius 3 is 2.68 bits per heavy atom. The lowest BCUT2D eigenvalue weighted by molar-refractivity contribution is -0.143. The molecule has 1 saturated heterocycles. The first-order chi connectivity index (χ1) is 13.6. The highest BCUT2D eigenvalue weighted by atomic mass is 16.5. The zero-order valence-corrected chi connectivity index (χ0v) is 16.5. The maximum Gasteiger partial charge on any atom is 0.307 e. The molecule has 0 amide bonds. The van der Waals surface area contributed by atoms with E-state index in [0.29, 0.717) is 31.9 Å². The first-order valence-corrected chi connectivity index (χ1v) is 9.91. The Kier molecular flexibility index (Phi) is 6.87. The van der Waals surface area contributed by atoms with Crippen LogP contribution in [-0.2, 0) is 4.79 Å². The number of likely N-dealkylation sites (tertiary alicyclic amines) is 1. The van der Waals surface area contributed by atoms with Gasteiger partial charge in [-0.05, 0) is 63.1 Å². The van der Waals surface area contributed by atoms with Gasteiger partial charge in [0.05, 0.1) is 30.9 Å². The second kappa shape index (κ2) is 9.55. The largest absolute Gasteiger partial charge is 0.490 e. The van der Waals surface area contributed by atoms with Gasteiger partial charge in [-0.2, -0.15) is 0 Å². The van der Waals surface area contributed by atoms with Gasteiger partial charge in [0.25, 0.3) is 0 Å². The molecule has 0 bridgehead atoms. The topological polar surface area (TPSA) is 71.9 Å². The zero-order chi connectivity index (χ0) is 19.9. The second-order valence-corrected chi connectivity index (χ2v) is 6.90. The minimum Gasteiger partial charge on any atom is -0.490 e. The number of hydrogen-bond acceptors (Lipinski definition) is 5. The number of nitrogens with zero attached hydrogens (tertiary/aromatic N) is 2. The van der Waals surface area contributed by atoms with Crippen LogP contribution in [0, 0.1) is 5.92 Å². The molecule has 3 rings (SSSR count). The van der Waals surface area contributed by atoms with Gasteiger partial charge in [-0.15, -0.1) is 0 Å². The van der Waals surface area contributed by atoms with Crippen molar-refractivity contribution in [3.05, 3.63) is 53.9 Å². The number of piperidine rings is 1. The molecule has 2 unspecified atom stereocenters. The van der Waals surface area contributed by atoms with E-state index in [2.05, 4.69) is 9.88 Å². The highest BCUT2D eigenvalue weighted by Crippen LogP contribution is 2.36. The third-order valence-electron chi connectivity index (χ3n) is 5.02. The standard InChI is InChI=1S/C22H28N2O4/c1-3-27-19-11-10-16(14-20(19)28-4-2)21(18-9-5-6-12-23-18)24-13-7-8-17(15-24)22(25)26/h5-6,9-12,14,17,21H,3-4,7-8,13,15H2,1-2H3,(H,25,26). The summed E-state index contributed by atoms with van der Waals surface area (Å²) < 4.78 is 11.5. The highest BCUT2D eigenvalue weighted by Gasteiger charge is 2.32. The Hall–Kier alpha value is -2.60. The fourth-order valence-electron chi connectivity index (χ4n) is 3.79. The SMILES string of the molecule is CCOc1ccc(C(c2ccccn2)N2CCCC(C(=O)O)C2)cc1OCC. The number of aliphatic carboxylic acids is 1. The molecule has 1 aromatic carbocycles. The molecule has 1 aromatic heterocycles. The molecule has 150 valence electrons. The Balaban J connectivity index is 2.00. The monoisotopic (exact) mass is 384 g/mol. The Morgan fingerprint density at radius 2 is 2.00 bits per heavy atom. The van der Waals surface area contributed by atoms with Crippen LogP contribution in [0.15, 0.2) is 42.6 Å². The summed E-state index contributed by atoms with van der Waals surface area (Å²) in [6.07, 6.45) is 3.35. The van der Waals surface area contributed by atoms with Crippen molar-refractivity contribution in [3.8, 4) is 11.5 Å². The van der Waals surface area contributed by atoms with E-state index in [0.717, 1.165) is 30.0 Å². The average Bonchev–Trinajstić information content (AvgIpc) is 2.71. The summed E-state index contributed by atoms with van der Waals surface area (Å²) in [6, 6.07) is 11.7. The quantitative estimate of drug-likeness (QED) is 0.747. The van der Waals surface area contributed by atoms with E-state index in [9.17, 15) is 9.90 Å². The van der Waals surface area contributed by atoms with E-state index in [1.165, 1.54) is 0 Å². The molecular formula is C22H28N2O4. The summed E-state index contributed by atoms with van der Waals surface area (Å²) >= 11 is 0. The van der Waals surface area contributed by atoms with Crippen molar-refractivity contribution < 1.29 is 19.4 Å². The molecule has 0 saturated carbocycles. The molecule has 1 aliphatic rings. The van der Waals surface area contributed by atoms with Crippen molar-refractivity contribution in [2.24, 2.45) is 5.92 Å². The van der Waals surface area contributed by atoms with Crippen molar-refractivity contribution in [3.63, 3.8) is 0 Å². The molecule has 2 heterocycles. The molecule has 28 heavy (non-hydrogen) atoms. The van der Waals surface area contributed by atoms with Crippen LogP contribution < -0.4 is 9.47 Å². The number of aromatic nitrogens is 1. The molecule has 6 nitrogen and oxygen atoms in total. The fourth-order valence-corrected chi connectivity index (χ4v) is 3.79. The fraction of sp³-hybridized carbons (Fsp3) is 0.455. The summed E-state index contributed by atoms with van der Waals surface area (Å²) in [6.45, 7) is 6.34. The van der Waals surface area contributed by atoms with Crippen LogP contribution in [0.2, 0.25) is 0 Å². The number of ether oxygens (including phenoxy) is 2. The van der Waals surface area contributed by atoms with E-state index in [1.54, 1.807) is 6.20 Å². The minimum atomic E-state index is -0.730. The molecule has 2 atom stereocenters. The van der Waals surface area contributed by atoms with Crippen molar-refractivity contribution in [1.29, 1.82) is 0 Å². The van der Waals surface area contributed by atoms with E-state index < -0.39 is 5.97 Å². The van der Waals surface area contributed by atoms with Gasteiger partial charge in [-0.25, -0.2) is 0 Å². The predicted molar refractivity (Wildman–Crippen MR) is 107 cm³/mol. The summed E-state index contributed by atoms with van der Waals surface area (Å²) in [5.41, 5.74) is 1.93. The summed E-state index contributed by atoms with van der Waals surface area (Å²) in [7, 11) is 0. The van der Waals surface area contributed by atoms with Crippen LogP contribution in [0.1, 0.15) is 44.0 Å². The van der Waals surface area contributed by atoms with Gasteiger partial charge in [-0.3, -0.25) is 14.7 Å². The van der Waals surface area contributed by atoms with Gasteiger partial charge >= 0.3 is 5.97 Å². The predicted octanol–water partition coefficient (Wildman–Crippen LogP) is 3.77.